The Morgan fingerprint density at radius 1 is 1.03 bits per heavy atom. The van der Waals surface area contributed by atoms with Gasteiger partial charge in [0, 0.05) is 0 Å². The molecule has 0 saturated carbocycles. The van der Waals surface area contributed by atoms with E-state index < -0.39 is 0 Å². The molecule has 150 valence electrons. The first-order valence-electron chi connectivity index (χ1n) is 9.67. The van der Waals surface area contributed by atoms with Crippen LogP contribution in [0.25, 0.3) is 11.2 Å². The van der Waals surface area contributed by atoms with Crippen LogP contribution in [0.5, 0.6) is 0 Å². The quantitative estimate of drug-likeness (QED) is 0.460. The summed E-state index contributed by atoms with van der Waals surface area (Å²) in [6.07, 6.45) is 4.07. The third kappa shape index (κ3) is 3.73. The third-order valence-corrected chi connectivity index (χ3v) is 7.70. The van der Waals surface area contributed by atoms with Crippen molar-refractivity contribution < 1.29 is 9.53 Å². The Balaban J connectivity index is 1.42. The zero-order valence-electron chi connectivity index (χ0n) is 16.0. The Labute approximate surface area is 179 Å². The predicted octanol–water partition coefficient (Wildman–Crippen LogP) is 2.82. The van der Waals surface area contributed by atoms with Crippen LogP contribution in [0.2, 0.25) is 4.82 Å². The number of nitrogens with one attached hydrogen (secondary N) is 1. The topological polar surface area (TPSA) is 81.9 Å². The average Bonchev–Trinajstić information content (AvgIpc) is 3.42. The van der Waals surface area contributed by atoms with Gasteiger partial charge in [-0.05, 0) is 0 Å². The number of amides is 1. The summed E-state index contributed by atoms with van der Waals surface area (Å²) < 4.78 is 9.39. The van der Waals surface area contributed by atoms with E-state index in [4.69, 9.17) is 4.74 Å². The zero-order valence-corrected chi connectivity index (χ0v) is 17.7. The second kappa shape index (κ2) is 8.36. The molecule has 1 N–H and O–H groups in total. The molecule has 0 radical (unpaired) electrons. The summed E-state index contributed by atoms with van der Waals surface area (Å²) in [6.45, 7) is 0.715. The Morgan fingerprint density at radius 3 is 2.60 bits per heavy atom. The van der Waals surface area contributed by atoms with Gasteiger partial charge in [0.2, 0.25) is 0 Å². The van der Waals surface area contributed by atoms with Gasteiger partial charge in [-0.15, -0.1) is 0 Å². The van der Waals surface area contributed by atoms with Gasteiger partial charge in [-0.25, -0.2) is 0 Å². The van der Waals surface area contributed by atoms with Gasteiger partial charge in [-0.1, -0.05) is 0 Å². The number of imidazole rings is 1. The standard InChI is InChI=1S/C22H19N5O2Se/c28-21(15-7-3-1-4-8-15)26-19-18-20(24-13-23-19)27(14-25-18)22-17(11-12-29-22)30-16-9-5-2-6-10-16/h1-10,13-14,17,22H,11-12H2,(H,23,24,26,28)/t17-,22-/m1/s1. The molecule has 1 saturated heterocycles. The molecular weight excluding hydrogens is 445 g/mol. The fourth-order valence-corrected chi connectivity index (χ4v) is 6.03. The molecule has 2 aromatic carbocycles. The van der Waals surface area contributed by atoms with Gasteiger partial charge >= 0.3 is 180 Å². The molecule has 1 aliphatic heterocycles. The summed E-state index contributed by atoms with van der Waals surface area (Å²) in [5.41, 5.74) is 1.78. The van der Waals surface area contributed by atoms with Crippen LogP contribution in [0.3, 0.4) is 0 Å². The molecular formula is C22H19N5O2Se. The molecule has 2 aromatic heterocycles. The number of ether oxygens (including phenoxy) is 1. The van der Waals surface area contributed by atoms with Crippen molar-refractivity contribution >= 4 is 42.3 Å². The Bertz CT molecular complexity index is 1170. The van der Waals surface area contributed by atoms with Crippen molar-refractivity contribution in [2.24, 2.45) is 0 Å². The van der Waals surface area contributed by atoms with Crippen LogP contribution in [-0.4, -0.2) is 47.0 Å². The van der Waals surface area contributed by atoms with Crippen LogP contribution in [0.1, 0.15) is 23.0 Å². The molecule has 4 aromatic rings. The molecule has 30 heavy (non-hydrogen) atoms. The second-order valence-corrected chi connectivity index (χ2v) is 9.64. The van der Waals surface area contributed by atoms with Crippen LogP contribution in [0.4, 0.5) is 5.82 Å². The van der Waals surface area contributed by atoms with Crippen molar-refractivity contribution in [1.29, 1.82) is 0 Å². The summed E-state index contributed by atoms with van der Waals surface area (Å²) in [4.78, 5) is 26.1. The molecule has 5 rings (SSSR count). The Morgan fingerprint density at radius 2 is 1.80 bits per heavy atom. The molecule has 1 aliphatic rings. The van der Waals surface area contributed by atoms with Crippen molar-refractivity contribution in [1.82, 2.24) is 19.5 Å². The van der Waals surface area contributed by atoms with Crippen molar-refractivity contribution in [3.8, 4) is 0 Å². The van der Waals surface area contributed by atoms with Crippen LogP contribution in [0, 0.1) is 0 Å². The molecule has 7 nitrogen and oxygen atoms in total. The summed E-state index contributed by atoms with van der Waals surface area (Å²) in [5, 5.41) is 2.85. The van der Waals surface area contributed by atoms with Crippen molar-refractivity contribution in [2.75, 3.05) is 11.9 Å². The molecule has 0 spiro atoms. The van der Waals surface area contributed by atoms with E-state index in [2.05, 4.69) is 44.5 Å². The van der Waals surface area contributed by atoms with E-state index >= 15 is 0 Å². The number of carbonyl (C=O) groups excluding carboxylic acids is 1. The third-order valence-electron chi connectivity index (χ3n) is 4.94. The molecule has 0 aliphatic carbocycles. The van der Waals surface area contributed by atoms with Crippen LogP contribution in [0.15, 0.2) is 73.3 Å². The predicted molar refractivity (Wildman–Crippen MR) is 115 cm³/mol. The van der Waals surface area contributed by atoms with Gasteiger partial charge in [0.1, 0.15) is 0 Å². The minimum atomic E-state index is -0.229. The molecule has 1 fully saturated rings. The minimum absolute atomic E-state index is 0.122. The van der Waals surface area contributed by atoms with Gasteiger partial charge in [-0.3, -0.25) is 0 Å². The fraction of sp³-hybridized carbons (Fsp3) is 0.182. The molecule has 0 bridgehead atoms. The molecule has 2 atom stereocenters. The summed E-state index contributed by atoms with van der Waals surface area (Å²) in [6, 6.07) is 19.6. The number of aromatic nitrogens is 4. The van der Waals surface area contributed by atoms with Crippen molar-refractivity contribution in [2.45, 2.75) is 17.5 Å². The first-order chi connectivity index (χ1) is 14.8. The van der Waals surface area contributed by atoms with Crippen LogP contribution >= 0.6 is 0 Å². The maximum atomic E-state index is 12.5. The zero-order chi connectivity index (χ0) is 20.3. The van der Waals surface area contributed by atoms with Crippen LogP contribution in [-0.2, 0) is 4.74 Å². The van der Waals surface area contributed by atoms with Gasteiger partial charge in [-0.2, -0.15) is 0 Å². The number of nitrogens with zero attached hydrogens (tertiary/aromatic N) is 4. The number of anilines is 1. The number of hydrogen-bond donors (Lipinski definition) is 1. The number of benzene rings is 2. The number of carbonyl (C=O) groups is 1. The summed E-state index contributed by atoms with van der Waals surface area (Å²) in [7, 11) is 0. The molecule has 3 heterocycles. The SMILES string of the molecule is O=C(Nc1ncnc2c1ncn2[C@@H]1OCC[C@H]1[Se]c1ccccc1)c1ccccc1. The monoisotopic (exact) mass is 465 g/mol. The van der Waals surface area contributed by atoms with Crippen molar-refractivity contribution in [3.63, 3.8) is 0 Å². The van der Waals surface area contributed by atoms with Crippen molar-refractivity contribution in [3.05, 3.63) is 78.9 Å². The maximum absolute atomic E-state index is 12.5. The van der Waals surface area contributed by atoms with E-state index in [1.807, 2.05) is 28.8 Å². The number of fused-ring (bicyclic) bond motifs is 1. The summed E-state index contributed by atoms with van der Waals surface area (Å²) in [5.74, 6) is 0.170. The second-order valence-electron chi connectivity index (χ2n) is 6.89. The molecule has 8 heteroatoms. The van der Waals surface area contributed by atoms with Gasteiger partial charge in [0.15, 0.2) is 0 Å². The summed E-state index contributed by atoms with van der Waals surface area (Å²) >= 11 is 0.274. The number of hydrogen-bond acceptors (Lipinski definition) is 5. The average molecular weight is 464 g/mol. The van der Waals surface area contributed by atoms with Gasteiger partial charge < -0.3 is 0 Å². The van der Waals surface area contributed by atoms with E-state index in [9.17, 15) is 4.79 Å². The first kappa shape index (κ1) is 18.9. The number of rotatable bonds is 5. The Hall–Kier alpha value is -3.06. The van der Waals surface area contributed by atoms with Gasteiger partial charge in [0.05, 0.1) is 0 Å². The van der Waals surface area contributed by atoms with E-state index in [-0.39, 0.29) is 27.1 Å². The fourth-order valence-electron chi connectivity index (χ4n) is 3.50. The van der Waals surface area contributed by atoms with Gasteiger partial charge in [0.25, 0.3) is 0 Å². The molecule has 1 amide bonds. The normalized spacial score (nSPS) is 18.5. The Kier molecular flexibility index (Phi) is 5.27. The van der Waals surface area contributed by atoms with Crippen LogP contribution < -0.4 is 9.78 Å². The van der Waals surface area contributed by atoms with E-state index in [1.54, 1.807) is 18.5 Å². The van der Waals surface area contributed by atoms with E-state index in [1.165, 1.54) is 10.8 Å². The van der Waals surface area contributed by atoms with E-state index in [0.717, 1.165) is 6.42 Å². The van der Waals surface area contributed by atoms with E-state index in [0.29, 0.717) is 34.0 Å². The first-order valence-corrected chi connectivity index (χ1v) is 11.5. The molecule has 0 unspecified atom stereocenters.